The van der Waals surface area contributed by atoms with Crippen LogP contribution in [0.5, 0.6) is 0 Å². The smallest absolute Gasteiger partial charge is 0.154 e. The van der Waals surface area contributed by atoms with E-state index < -0.39 is 11.1 Å². The highest BCUT2D eigenvalue weighted by Crippen LogP contribution is 2.06. The first-order valence-corrected chi connectivity index (χ1v) is 4.87. The van der Waals surface area contributed by atoms with Crippen LogP contribution in [0.15, 0.2) is 0 Å². The molecule has 2 N–H and O–H groups in total. The van der Waals surface area contributed by atoms with Crippen LogP contribution in [0.3, 0.4) is 0 Å². The lowest BCUT2D eigenvalue weighted by molar-refractivity contribution is 0.421. The molecule has 1 rings (SSSR count). The summed E-state index contributed by atoms with van der Waals surface area (Å²) >= 11 is -1.63. The van der Waals surface area contributed by atoms with Gasteiger partial charge < -0.3 is 9.87 Å². The summed E-state index contributed by atoms with van der Waals surface area (Å²) in [4.78, 5) is 0. The Kier molecular flexibility index (Phi) is 3.31. The Morgan fingerprint density at radius 1 is 1.60 bits per heavy atom. The van der Waals surface area contributed by atoms with E-state index in [1.54, 1.807) is 0 Å². The van der Waals surface area contributed by atoms with Crippen molar-refractivity contribution in [2.24, 2.45) is 0 Å². The van der Waals surface area contributed by atoms with E-state index in [1.807, 2.05) is 0 Å². The topological polar surface area (TPSA) is 49.3 Å². The molecular weight excluding hydrogens is 150 g/mol. The fraction of sp³-hybridized carbons (Fsp3) is 1.00. The molecule has 4 heteroatoms. The van der Waals surface area contributed by atoms with Gasteiger partial charge in [0, 0.05) is 6.04 Å². The zero-order valence-corrected chi connectivity index (χ0v) is 6.69. The Labute approximate surface area is 63.5 Å². The molecule has 10 heavy (non-hydrogen) atoms. The van der Waals surface area contributed by atoms with Crippen molar-refractivity contribution in [1.29, 1.82) is 0 Å². The zero-order valence-electron chi connectivity index (χ0n) is 5.88. The summed E-state index contributed by atoms with van der Waals surface area (Å²) in [5.74, 6) is 0.389. The molecule has 0 aliphatic carbocycles. The van der Waals surface area contributed by atoms with Crippen LogP contribution in [0.4, 0.5) is 0 Å². The Morgan fingerprint density at radius 3 is 2.90 bits per heavy atom. The van der Waals surface area contributed by atoms with Crippen molar-refractivity contribution in [3.63, 3.8) is 0 Å². The summed E-state index contributed by atoms with van der Waals surface area (Å²) in [6, 6.07) is 0.277. The number of rotatable bonds is 2. The highest BCUT2D eigenvalue weighted by atomic mass is 32.2. The third-order valence-electron chi connectivity index (χ3n) is 1.76. The summed E-state index contributed by atoms with van der Waals surface area (Å²) in [6.07, 6.45) is 3.44. The van der Waals surface area contributed by atoms with Crippen LogP contribution >= 0.6 is 0 Å². The van der Waals surface area contributed by atoms with Crippen LogP contribution in [0.2, 0.25) is 0 Å². The maximum atomic E-state index is 10.3. The molecule has 2 atom stereocenters. The third kappa shape index (κ3) is 2.77. The highest BCUT2D eigenvalue weighted by Gasteiger charge is 2.13. The van der Waals surface area contributed by atoms with Crippen LogP contribution in [-0.2, 0) is 11.1 Å². The van der Waals surface area contributed by atoms with Crippen molar-refractivity contribution in [2.45, 2.75) is 25.3 Å². The second-order valence-corrected chi connectivity index (χ2v) is 3.61. The lowest BCUT2D eigenvalue weighted by atomic mass is 10.1. The first-order valence-electron chi connectivity index (χ1n) is 3.60. The number of nitrogens with one attached hydrogen (secondary N) is 1. The summed E-state index contributed by atoms with van der Waals surface area (Å²) in [6.45, 7) is 1.00. The molecule has 0 aromatic rings. The van der Waals surface area contributed by atoms with Gasteiger partial charge in [-0.1, -0.05) is 6.42 Å². The fourth-order valence-electron chi connectivity index (χ4n) is 1.24. The van der Waals surface area contributed by atoms with E-state index in [9.17, 15) is 4.21 Å². The van der Waals surface area contributed by atoms with Crippen LogP contribution in [0, 0.1) is 0 Å². The molecule has 0 saturated carbocycles. The van der Waals surface area contributed by atoms with E-state index in [0.29, 0.717) is 5.75 Å². The van der Waals surface area contributed by atoms with Gasteiger partial charge in [0.1, 0.15) is 0 Å². The lowest BCUT2D eigenvalue weighted by Gasteiger charge is -2.21. The van der Waals surface area contributed by atoms with Crippen molar-refractivity contribution >= 4 is 11.1 Å². The second-order valence-electron chi connectivity index (χ2n) is 2.63. The van der Waals surface area contributed by atoms with Gasteiger partial charge >= 0.3 is 0 Å². The standard InChI is InChI=1S/C6H13NO2S/c8-10(9)5-6-3-1-2-4-7-6/h6-7H,1-5H2,(H,8,9). The molecule has 60 valence electrons. The second kappa shape index (κ2) is 4.05. The molecule has 3 nitrogen and oxygen atoms in total. The normalized spacial score (nSPS) is 29.9. The number of piperidine rings is 1. The first-order chi connectivity index (χ1) is 4.79. The van der Waals surface area contributed by atoms with E-state index in [-0.39, 0.29) is 6.04 Å². The molecule has 1 fully saturated rings. The monoisotopic (exact) mass is 163 g/mol. The molecule has 0 radical (unpaired) electrons. The number of hydrogen-bond donors (Lipinski definition) is 2. The summed E-state index contributed by atoms with van der Waals surface area (Å²) in [5, 5.41) is 3.20. The minimum Gasteiger partial charge on any atom is -0.313 e. The van der Waals surface area contributed by atoms with Gasteiger partial charge in [-0.3, -0.25) is 0 Å². The minimum absolute atomic E-state index is 0.277. The van der Waals surface area contributed by atoms with E-state index in [4.69, 9.17) is 4.55 Å². The molecule has 1 aliphatic heterocycles. The van der Waals surface area contributed by atoms with Gasteiger partial charge in [-0.15, -0.1) is 0 Å². The number of hydrogen-bond acceptors (Lipinski definition) is 2. The summed E-state index contributed by atoms with van der Waals surface area (Å²) in [5.41, 5.74) is 0. The molecule has 0 amide bonds. The van der Waals surface area contributed by atoms with Crippen molar-refractivity contribution in [3.05, 3.63) is 0 Å². The molecule has 0 aromatic heterocycles. The van der Waals surface area contributed by atoms with Crippen LogP contribution < -0.4 is 5.32 Å². The van der Waals surface area contributed by atoms with Crippen molar-refractivity contribution in [2.75, 3.05) is 12.3 Å². The van der Waals surface area contributed by atoms with Gasteiger partial charge in [-0.2, -0.15) is 0 Å². The Balaban J connectivity index is 2.19. The van der Waals surface area contributed by atoms with Gasteiger partial charge in [-0.25, -0.2) is 4.21 Å². The van der Waals surface area contributed by atoms with Crippen molar-refractivity contribution < 1.29 is 8.76 Å². The molecule has 0 bridgehead atoms. The molecule has 2 unspecified atom stereocenters. The molecule has 0 spiro atoms. The fourth-order valence-corrected chi connectivity index (χ4v) is 1.87. The zero-order chi connectivity index (χ0) is 7.40. The van der Waals surface area contributed by atoms with E-state index in [1.165, 1.54) is 12.8 Å². The van der Waals surface area contributed by atoms with E-state index in [2.05, 4.69) is 5.32 Å². The Bertz CT molecular complexity index is 123. The van der Waals surface area contributed by atoms with Gasteiger partial charge in [-0.05, 0) is 19.4 Å². The predicted octanol–water partition coefficient (Wildman–Crippen LogP) is 0.350. The highest BCUT2D eigenvalue weighted by molar-refractivity contribution is 7.79. The van der Waals surface area contributed by atoms with Crippen molar-refractivity contribution in [1.82, 2.24) is 5.32 Å². The first kappa shape index (κ1) is 8.17. The largest absolute Gasteiger partial charge is 0.313 e. The van der Waals surface area contributed by atoms with E-state index in [0.717, 1.165) is 13.0 Å². The SMILES string of the molecule is O=S(O)CC1CCCCN1. The van der Waals surface area contributed by atoms with Crippen LogP contribution in [0.25, 0.3) is 0 Å². The molecule has 0 aromatic carbocycles. The van der Waals surface area contributed by atoms with Gasteiger partial charge in [0.15, 0.2) is 11.1 Å². The maximum Gasteiger partial charge on any atom is 0.154 e. The van der Waals surface area contributed by atoms with Crippen LogP contribution in [0.1, 0.15) is 19.3 Å². The molecule has 1 heterocycles. The quantitative estimate of drug-likeness (QED) is 0.577. The van der Waals surface area contributed by atoms with Crippen molar-refractivity contribution in [3.8, 4) is 0 Å². The Hall–Kier alpha value is 0.0700. The lowest BCUT2D eigenvalue weighted by Crippen LogP contribution is -2.37. The van der Waals surface area contributed by atoms with Gasteiger partial charge in [0.05, 0.1) is 5.75 Å². The minimum atomic E-state index is -1.63. The Morgan fingerprint density at radius 2 is 2.40 bits per heavy atom. The maximum absolute atomic E-state index is 10.3. The van der Waals surface area contributed by atoms with Gasteiger partial charge in [0.25, 0.3) is 0 Å². The molecular formula is C6H13NO2S. The molecule has 1 saturated heterocycles. The average molecular weight is 163 g/mol. The average Bonchev–Trinajstić information content (AvgIpc) is 1.88. The molecule has 1 aliphatic rings. The third-order valence-corrected chi connectivity index (χ3v) is 2.44. The summed E-state index contributed by atoms with van der Waals surface area (Å²) in [7, 11) is 0. The van der Waals surface area contributed by atoms with Gasteiger partial charge in [0.2, 0.25) is 0 Å². The van der Waals surface area contributed by atoms with Crippen LogP contribution in [-0.4, -0.2) is 27.1 Å². The summed E-state index contributed by atoms with van der Waals surface area (Å²) < 4.78 is 18.9. The predicted molar refractivity (Wildman–Crippen MR) is 41.3 cm³/mol. The van der Waals surface area contributed by atoms with E-state index >= 15 is 0 Å².